The number of carbonyl (C=O) groups excluding carboxylic acids is 10. The van der Waals surface area contributed by atoms with E-state index in [1.807, 2.05) is 30.3 Å². The molecule has 0 saturated carbocycles. The minimum absolute atomic E-state index is 0.0746. The Balaban J connectivity index is 0.000000242. The number of para-hydroxylation sites is 4. The van der Waals surface area contributed by atoms with E-state index in [0.29, 0.717) is 11.4 Å². The van der Waals surface area contributed by atoms with E-state index in [-0.39, 0.29) is 88.7 Å². The number of esters is 1. The summed E-state index contributed by atoms with van der Waals surface area (Å²) in [6.45, 7) is -0.735. The summed E-state index contributed by atoms with van der Waals surface area (Å²) in [5.74, 6) is -7.09. The quantitative estimate of drug-likeness (QED) is 0.0355. The van der Waals surface area contributed by atoms with Crippen LogP contribution in [0.1, 0.15) is 52.5 Å². The van der Waals surface area contributed by atoms with Crippen LogP contribution >= 0.6 is 23.2 Å². The van der Waals surface area contributed by atoms with Crippen LogP contribution in [-0.2, 0) is 59.2 Å². The molecule has 10 N–H and O–H groups in total. The molecule has 5 aromatic rings. The molecule has 8 amide bonds. The lowest BCUT2D eigenvalue weighted by molar-refractivity contribution is -0.168. The SMILES string of the molecule is CCC(=O)N1C[C@H](NC(=O)c2ccc(N)c(Cl)c2)C(=O)N(CC(=O)NC2CC(=O)OC2OCc2ccccc2)c2ccccc21.Nc1ccc(C(=O)N[C@H]2CN(C(=O)CO)c3ccccc3N(CC(=O)N[C@H](C=O)CC(=O)O)C2=O)cc1Cl. The fourth-order valence-electron chi connectivity index (χ4n) is 8.95. The van der Waals surface area contributed by atoms with E-state index in [4.69, 9.17) is 49.2 Å². The van der Waals surface area contributed by atoms with E-state index >= 15 is 0 Å². The van der Waals surface area contributed by atoms with Crippen LogP contribution in [0, 0.1) is 0 Å². The van der Waals surface area contributed by atoms with E-state index in [1.165, 1.54) is 58.3 Å². The molecule has 25 nitrogen and oxygen atoms in total. The highest BCUT2D eigenvalue weighted by Crippen LogP contribution is 2.35. The minimum atomic E-state index is -1.38. The van der Waals surface area contributed by atoms with Crippen molar-refractivity contribution in [3.8, 4) is 0 Å². The van der Waals surface area contributed by atoms with E-state index < -0.39 is 110 Å². The molecule has 83 heavy (non-hydrogen) atoms. The van der Waals surface area contributed by atoms with Crippen LogP contribution in [0.5, 0.6) is 0 Å². The van der Waals surface area contributed by atoms with Crippen LogP contribution in [0.15, 0.2) is 115 Å². The number of aliphatic hydroxyl groups is 1. The third-order valence-electron chi connectivity index (χ3n) is 13.0. The molecule has 1 saturated heterocycles. The number of rotatable bonds is 18. The highest BCUT2D eigenvalue weighted by atomic mass is 35.5. The predicted molar refractivity (Wildman–Crippen MR) is 302 cm³/mol. The number of hydrogen-bond donors (Lipinski definition) is 8. The number of nitrogens with two attached hydrogens (primary N) is 2. The average molecular weight is 1180 g/mol. The molecule has 0 bridgehead atoms. The molecule has 1 fully saturated rings. The molecule has 2 unspecified atom stereocenters. The van der Waals surface area contributed by atoms with Gasteiger partial charge in [-0.3, -0.25) is 57.7 Å². The Morgan fingerprint density at radius 1 is 0.687 bits per heavy atom. The summed E-state index contributed by atoms with van der Waals surface area (Å²) in [5.41, 5.74) is 14.1. The van der Waals surface area contributed by atoms with Crippen molar-refractivity contribution in [3.05, 3.63) is 142 Å². The number of carboxylic acids is 1. The first-order valence-electron chi connectivity index (χ1n) is 25.5. The van der Waals surface area contributed by atoms with Gasteiger partial charge in [0.25, 0.3) is 29.5 Å². The number of benzene rings is 5. The molecule has 0 aromatic heterocycles. The van der Waals surface area contributed by atoms with Gasteiger partial charge in [0.05, 0.1) is 82.7 Å². The number of carboxylic acid groups (broad SMARTS) is 1. The normalized spacial score (nSPS) is 17.7. The lowest BCUT2D eigenvalue weighted by atomic mass is 10.1. The highest BCUT2D eigenvalue weighted by molar-refractivity contribution is 6.34. The Hall–Kier alpha value is -9.43. The number of nitrogens with one attached hydrogen (secondary N) is 4. The second-order valence-corrected chi connectivity index (χ2v) is 19.6. The van der Waals surface area contributed by atoms with Crippen molar-refractivity contribution in [2.45, 2.75) is 63.3 Å². The van der Waals surface area contributed by atoms with Crippen molar-refractivity contribution in [3.63, 3.8) is 0 Å². The number of hydrogen-bond acceptors (Lipinski definition) is 16. The lowest BCUT2D eigenvalue weighted by Gasteiger charge is -2.26. The molecule has 3 aliphatic rings. The van der Waals surface area contributed by atoms with E-state index in [1.54, 1.807) is 43.3 Å². The van der Waals surface area contributed by atoms with E-state index in [2.05, 4.69) is 21.3 Å². The Labute approximate surface area is 483 Å². The maximum absolute atomic E-state index is 14.0. The third kappa shape index (κ3) is 15.3. The Morgan fingerprint density at radius 3 is 1.64 bits per heavy atom. The maximum atomic E-state index is 14.0. The van der Waals surface area contributed by atoms with Gasteiger partial charge in [-0.05, 0) is 66.2 Å². The van der Waals surface area contributed by atoms with Crippen molar-refractivity contribution in [2.75, 3.05) is 63.9 Å². The second kappa shape index (κ2) is 27.8. The summed E-state index contributed by atoms with van der Waals surface area (Å²) in [6.07, 6.45) is -1.41. The predicted octanol–water partition coefficient (Wildman–Crippen LogP) is 2.34. The highest BCUT2D eigenvalue weighted by Gasteiger charge is 2.41. The first-order chi connectivity index (χ1) is 39.7. The molecular formula is C56H56Cl2N10O15. The lowest BCUT2D eigenvalue weighted by Crippen LogP contribution is -2.55. The third-order valence-corrected chi connectivity index (χ3v) is 13.7. The molecule has 8 rings (SSSR count). The largest absolute Gasteiger partial charge is 0.481 e. The van der Waals surface area contributed by atoms with Crippen LogP contribution in [-0.4, -0.2) is 139 Å². The fourth-order valence-corrected chi connectivity index (χ4v) is 9.31. The van der Waals surface area contributed by atoms with Gasteiger partial charge in [-0.15, -0.1) is 0 Å². The molecule has 0 aliphatic carbocycles. The topological polar surface area (TPSA) is 360 Å². The van der Waals surface area contributed by atoms with Crippen molar-refractivity contribution >= 4 is 123 Å². The van der Waals surface area contributed by atoms with Crippen molar-refractivity contribution in [1.29, 1.82) is 0 Å². The number of ether oxygens (including phenoxy) is 2. The van der Waals surface area contributed by atoms with Gasteiger partial charge in [-0.25, -0.2) is 0 Å². The molecule has 0 radical (unpaired) electrons. The van der Waals surface area contributed by atoms with Gasteiger partial charge in [0.1, 0.15) is 44.1 Å². The fraction of sp³-hybridized carbons (Fsp3) is 0.268. The van der Waals surface area contributed by atoms with Crippen LogP contribution in [0.3, 0.4) is 0 Å². The molecule has 5 atom stereocenters. The summed E-state index contributed by atoms with van der Waals surface area (Å²) in [5, 5.41) is 29.0. The zero-order chi connectivity index (χ0) is 60.1. The molecule has 0 spiro atoms. The number of halogens is 2. The number of carbonyl (C=O) groups is 11. The monoisotopic (exact) mass is 1180 g/mol. The number of aliphatic hydroxyl groups excluding tert-OH is 1. The number of nitrogens with zero attached hydrogens (tertiary/aromatic N) is 4. The Bertz CT molecular complexity index is 3340. The van der Waals surface area contributed by atoms with Gasteiger partial charge >= 0.3 is 11.9 Å². The summed E-state index contributed by atoms with van der Waals surface area (Å²) in [7, 11) is 0. The number of fused-ring (bicyclic) bond motifs is 2. The molecule has 27 heteroatoms. The zero-order valence-electron chi connectivity index (χ0n) is 44.2. The summed E-state index contributed by atoms with van der Waals surface area (Å²) in [4.78, 5) is 145. The summed E-state index contributed by atoms with van der Waals surface area (Å²) >= 11 is 12.1. The minimum Gasteiger partial charge on any atom is -0.481 e. The number of nitrogen functional groups attached to an aromatic ring is 2. The molecule has 5 aromatic carbocycles. The maximum Gasteiger partial charge on any atom is 0.310 e. The molecule has 3 aliphatic heterocycles. The summed E-state index contributed by atoms with van der Waals surface area (Å²) in [6, 6.07) is 25.7. The van der Waals surface area contributed by atoms with E-state index in [9.17, 15) is 57.8 Å². The molecule has 434 valence electrons. The summed E-state index contributed by atoms with van der Waals surface area (Å²) < 4.78 is 11.1. The smallest absolute Gasteiger partial charge is 0.310 e. The van der Waals surface area contributed by atoms with Crippen molar-refractivity contribution < 1.29 is 72.4 Å². The van der Waals surface area contributed by atoms with Gasteiger partial charge in [-0.1, -0.05) is 84.7 Å². The number of aldehydes is 1. The number of amides is 8. The number of cyclic esters (lactones) is 1. The molecular weight excluding hydrogens is 1120 g/mol. The van der Waals surface area contributed by atoms with Gasteiger partial charge < -0.3 is 67.0 Å². The van der Waals surface area contributed by atoms with Crippen LogP contribution < -0.4 is 52.3 Å². The number of aliphatic carboxylic acids is 1. The van der Waals surface area contributed by atoms with Crippen molar-refractivity contribution in [2.24, 2.45) is 0 Å². The zero-order valence-corrected chi connectivity index (χ0v) is 45.7. The first-order valence-corrected chi connectivity index (χ1v) is 26.3. The van der Waals surface area contributed by atoms with E-state index in [0.717, 1.165) is 15.4 Å². The average Bonchev–Trinajstić information content (AvgIpc) is 4.01. The second-order valence-electron chi connectivity index (χ2n) is 18.8. The van der Waals surface area contributed by atoms with Crippen LogP contribution in [0.2, 0.25) is 10.0 Å². The van der Waals surface area contributed by atoms with Crippen molar-refractivity contribution in [1.82, 2.24) is 21.3 Å². The van der Waals surface area contributed by atoms with Gasteiger partial charge in [0.15, 0.2) is 0 Å². The van der Waals surface area contributed by atoms with Gasteiger partial charge in [-0.2, -0.15) is 0 Å². The Kier molecular flexibility index (Phi) is 20.5. The van der Waals surface area contributed by atoms with Crippen LogP contribution in [0.25, 0.3) is 0 Å². The Morgan fingerprint density at radius 2 is 1.17 bits per heavy atom. The molecule has 3 heterocycles. The van der Waals surface area contributed by atoms with Gasteiger partial charge in [0.2, 0.25) is 24.0 Å². The van der Waals surface area contributed by atoms with Gasteiger partial charge in [0, 0.05) is 17.5 Å². The number of anilines is 6. The first kappa shape index (κ1) is 61.2. The standard InChI is InChI=1S/C32H32ClN5O7.C24H24ClN5O8/c1-2-28(40)37-16-24(36-30(42)20-12-13-22(34)21(33)14-20)31(43)38(26-11-7-6-10-25(26)37)17-27(39)35-23-15-29(41)45-32(23)44-18-19-8-4-3-5-9-19;25-15-7-13(5-6-16(15)26)23(37)28-17-9-29(21(34)12-32)18-3-1-2-4-19(18)30(24(17)38)10-20(33)27-14(11-31)8-22(35)36/h3-14,23-24,32H,2,15-18,34H2,1H3,(H,35,39)(H,36,42);1-7,11,14,17,32H,8-10,12,26H2,(H,27,33)(H,28,37)(H,35,36)/t23?,24-,32?;14-,17-/m00/s1. The van der Waals surface area contributed by atoms with Crippen LogP contribution in [0.4, 0.5) is 34.1 Å².